The Balaban J connectivity index is 3.38. The Bertz CT molecular complexity index is 412. The van der Waals surface area contributed by atoms with Gasteiger partial charge in [0.25, 0.3) is 4.88 Å². The van der Waals surface area contributed by atoms with Gasteiger partial charge in [-0.2, -0.15) is 5.12 Å². The van der Waals surface area contributed by atoms with Crippen molar-refractivity contribution in [1.29, 1.82) is 0 Å². The molecule has 0 aliphatic heterocycles. The van der Waals surface area contributed by atoms with Crippen LogP contribution >= 0.6 is 10.5 Å². The molecule has 5 nitrogen and oxygen atoms in total. The van der Waals surface area contributed by atoms with E-state index in [1.807, 2.05) is 6.92 Å². The SMILES string of the molecule is CC[s+]1c(C)c(C)c(OC)c1C(=O)N(NC)NC. The third-order valence-corrected chi connectivity index (χ3v) is 5.50. The lowest BCUT2D eigenvalue weighted by atomic mass is 10.2. The average Bonchev–Trinajstić information content (AvgIpc) is 2.62. The Labute approximate surface area is 111 Å². The molecule has 1 atom stereocenters. The van der Waals surface area contributed by atoms with Gasteiger partial charge in [-0.25, -0.2) is 10.9 Å². The van der Waals surface area contributed by atoms with Gasteiger partial charge >= 0.3 is 5.91 Å². The van der Waals surface area contributed by atoms with Gasteiger partial charge in [0, 0.05) is 21.0 Å². The first kappa shape index (κ1) is 14.9. The molecule has 0 aliphatic rings. The van der Waals surface area contributed by atoms with Crippen molar-refractivity contribution < 1.29 is 9.53 Å². The maximum absolute atomic E-state index is 12.5. The first-order valence-corrected chi connectivity index (χ1v) is 7.29. The van der Waals surface area contributed by atoms with E-state index >= 15 is 0 Å². The second kappa shape index (κ2) is 6.17. The number of hydrogen-bond acceptors (Lipinski definition) is 4. The molecular formula is C12H22N3O2S+. The number of carbonyl (C=O) groups is 1. The van der Waals surface area contributed by atoms with E-state index < -0.39 is 0 Å². The van der Waals surface area contributed by atoms with Crippen molar-refractivity contribution >= 4 is 16.4 Å². The lowest BCUT2D eigenvalue weighted by Gasteiger charge is -2.17. The van der Waals surface area contributed by atoms with Crippen LogP contribution in [0.3, 0.4) is 0 Å². The van der Waals surface area contributed by atoms with Crippen LogP contribution in [0.4, 0.5) is 0 Å². The van der Waals surface area contributed by atoms with E-state index in [9.17, 15) is 4.79 Å². The first-order valence-electron chi connectivity index (χ1n) is 5.89. The van der Waals surface area contributed by atoms with E-state index in [0.29, 0.717) is 0 Å². The molecule has 0 saturated carbocycles. The van der Waals surface area contributed by atoms with E-state index in [2.05, 4.69) is 24.7 Å². The molecule has 1 heterocycles. The highest BCUT2D eigenvalue weighted by Crippen LogP contribution is 2.43. The zero-order valence-electron chi connectivity index (χ0n) is 11.9. The highest BCUT2D eigenvalue weighted by Gasteiger charge is 2.35. The summed E-state index contributed by atoms with van der Waals surface area (Å²) in [6, 6.07) is 0. The van der Waals surface area contributed by atoms with Crippen LogP contribution in [0, 0.1) is 13.8 Å². The predicted octanol–water partition coefficient (Wildman–Crippen LogP) is 1.79. The standard InChI is InChI=1S/C12H22N3O2S/c1-7-18-9(3)8(2)10(17-6)11(18)12(16)15(13-4)14-5/h13-14H,7H2,1-6H3/q+1. The zero-order chi connectivity index (χ0) is 13.9. The minimum atomic E-state index is -0.168. The molecule has 18 heavy (non-hydrogen) atoms. The van der Waals surface area contributed by atoms with Crippen LogP contribution in [0.25, 0.3) is 0 Å². The van der Waals surface area contributed by atoms with E-state index in [0.717, 1.165) is 21.9 Å². The number of ether oxygens (including phenoxy) is 1. The first-order chi connectivity index (χ1) is 8.53. The molecule has 1 amide bonds. The number of rotatable bonds is 5. The van der Waals surface area contributed by atoms with Crippen LogP contribution < -0.4 is 15.6 Å². The molecule has 102 valence electrons. The van der Waals surface area contributed by atoms with Gasteiger partial charge in [0.05, 0.1) is 12.7 Å². The van der Waals surface area contributed by atoms with Crippen LogP contribution in [-0.4, -0.2) is 32.2 Å². The van der Waals surface area contributed by atoms with Crippen LogP contribution in [0.5, 0.6) is 5.75 Å². The Morgan fingerprint density at radius 3 is 2.28 bits per heavy atom. The third kappa shape index (κ3) is 2.36. The number of nitrogens with zero attached hydrogens (tertiary/aromatic N) is 1. The summed E-state index contributed by atoms with van der Waals surface area (Å²) in [5.74, 6) is 1.55. The molecule has 2 N–H and O–H groups in total. The lowest BCUT2D eigenvalue weighted by molar-refractivity contribution is 0.0579. The van der Waals surface area contributed by atoms with Gasteiger partial charge in [-0.3, -0.25) is 4.79 Å². The van der Waals surface area contributed by atoms with E-state index in [1.165, 1.54) is 10.00 Å². The predicted molar refractivity (Wildman–Crippen MR) is 74.9 cm³/mol. The van der Waals surface area contributed by atoms with Crippen molar-refractivity contribution in [2.75, 3.05) is 21.2 Å². The maximum Gasteiger partial charge on any atom is 0.339 e. The normalized spacial score (nSPS) is 11.6. The van der Waals surface area contributed by atoms with Gasteiger partial charge in [0.15, 0.2) is 10.6 Å². The maximum atomic E-state index is 12.5. The van der Waals surface area contributed by atoms with E-state index in [4.69, 9.17) is 4.74 Å². The molecule has 1 rings (SSSR count). The Morgan fingerprint density at radius 2 is 1.89 bits per heavy atom. The van der Waals surface area contributed by atoms with Crippen LogP contribution in [-0.2, 0) is 5.75 Å². The monoisotopic (exact) mass is 272 g/mol. The van der Waals surface area contributed by atoms with Crippen molar-refractivity contribution in [3.63, 3.8) is 0 Å². The van der Waals surface area contributed by atoms with Gasteiger partial charge in [0.1, 0.15) is 5.75 Å². The second-order valence-corrected chi connectivity index (χ2v) is 6.19. The van der Waals surface area contributed by atoms with Gasteiger partial charge in [0.2, 0.25) is 0 Å². The highest BCUT2D eigenvalue weighted by molar-refractivity contribution is 7.32. The summed E-state index contributed by atoms with van der Waals surface area (Å²) in [7, 11) is 4.85. The van der Waals surface area contributed by atoms with Crippen molar-refractivity contribution in [2.24, 2.45) is 0 Å². The summed E-state index contributed by atoms with van der Waals surface area (Å²) >= 11 is 0. The van der Waals surface area contributed by atoms with Crippen LogP contribution in [0.15, 0.2) is 0 Å². The molecule has 0 saturated heterocycles. The van der Waals surface area contributed by atoms with E-state index in [-0.39, 0.29) is 16.4 Å². The van der Waals surface area contributed by atoms with Gasteiger partial charge in [-0.1, -0.05) is 0 Å². The summed E-state index contributed by atoms with van der Waals surface area (Å²) < 4.78 is 5.42. The number of amides is 1. The molecular weight excluding hydrogens is 250 g/mol. The second-order valence-electron chi connectivity index (χ2n) is 3.81. The average molecular weight is 272 g/mol. The minimum absolute atomic E-state index is 0.0850. The molecule has 0 radical (unpaired) electrons. The number of carbonyl (C=O) groups excluding carboxylic acids is 1. The van der Waals surface area contributed by atoms with E-state index in [1.54, 1.807) is 21.2 Å². The van der Waals surface area contributed by atoms with Crippen LogP contribution in [0.2, 0.25) is 0 Å². The van der Waals surface area contributed by atoms with Crippen molar-refractivity contribution in [1.82, 2.24) is 16.0 Å². The van der Waals surface area contributed by atoms with Gasteiger partial charge in [-0.05, 0) is 24.3 Å². The van der Waals surface area contributed by atoms with Gasteiger partial charge in [-0.15, -0.1) is 0 Å². The Kier molecular flexibility index (Phi) is 5.13. The zero-order valence-corrected chi connectivity index (χ0v) is 12.7. The van der Waals surface area contributed by atoms with Crippen LogP contribution in [0.1, 0.15) is 27.0 Å². The number of nitrogens with one attached hydrogen (secondary N) is 2. The molecule has 6 heteroatoms. The number of hydrogen-bond donors (Lipinski definition) is 2. The van der Waals surface area contributed by atoms with Crippen molar-refractivity contribution in [3.8, 4) is 5.75 Å². The van der Waals surface area contributed by atoms with Crippen molar-refractivity contribution in [3.05, 3.63) is 15.3 Å². The summed E-state index contributed by atoms with van der Waals surface area (Å²) in [5, 5.41) is 1.37. The molecule has 0 fully saturated rings. The topological polar surface area (TPSA) is 53.6 Å². The summed E-state index contributed by atoms with van der Waals surface area (Å²) in [6.45, 7) is 6.17. The summed E-state index contributed by atoms with van der Waals surface area (Å²) in [6.07, 6.45) is 0. The minimum Gasteiger partial charge on any atom is -0.491 e. The fraction of sp³-hybridized carbons (Fsp3) is 0.583. The molecule has 1 unspecified atom stereocenters. The quantitative estimate of drug-likeness (QED) is 0.634. The fourth-order valence-corrected chi connectivity index (χ4v) is 4.26. The molecule has 0 aromatic carbocycles. The van der Waals surface area contributed by atoms with Crippen molar-refractivity contribution in [2.45, 2.75) is 26.5 Å². The number of thiophene rings is 1. The summed E-state index contributed by atoms with van der Waals surface area (Å²) in [4.78, 5) is 14.5. The molecule has 0 spiro atoms. The fourth-order valence-electron chi connectivity index (χ4n) is 2.01. The molecule has 1 aromatic heterocycles. The Hall–Kier alpha value is -1.11. The number of methoxy groups -OCH3 is 1. The summed E-state index contributed by atoms with van der Waals surface area (Å²) in [5.41, 5.74) is 6.71. The molecule has 0 aliphatic carbocycles. The lowest BCUT2D eigenvalue weighted by Crippen LogP contribution is -2.48. The van der Waals surface area contributed by atoms with Gasteiger partial charge < -0.3 is 4.74 Å². The number of hydrazine groups is 2. The molecule has 1 aromatic rings. The smallest absolute Gasteiger partial charge is 0.339 e. The third-order valence-electron chi connectivity index (χ3n) is 3.03. The molecule has 0 bridgehead atoms. The Morgan fingerprint density at radius 1 is 1.33 bits per heavy atom. The highest BCUT2D eigenvalue weighted by atomic mass is 32.2. The largest absolute Gasteiger partial charge is 0.491 e.